The van der Waals surface area contributed by atoms with Crippen LogP contribution in [-0.2, 0) is 7.05 Å². The molecule has 0 radical (unpaired) electrons. The van der Waals surface area contributed by atoms with Crippen LogP contribution in [0.3, 0.4) is 0 Å². The van der Waals surface area contributed by atoms with Crippen molar-refractivity contribution in [2.24, 2.45) is 7.05 Å². The molecule has 1 aliphatic carbocycles. The highest BCUT2D eigenvalue weighted by Crippen LogP contribution is 2.46. The number of nitrogens with one attached hydrogen (secondary N) is 1. The minimum atomic E-state index is -1.19. The van der Waals surface area contributed by atoms with Gasteiger partial charge in [0, 0.05) is 24.4 Å². The number of nitrogens with zero attached hydrogens (tertiary/aromatic N) is 5. The van der Waals surface area contributed by atoms with Crippen molar-refractivity contribution in [2.45, 2.75) is 51.5 Å². The van der Waals surface area contributed by atoms with Crippen molar-refractivity contribution in [3.8, 4) is 0 Å². The first kappa shape index (κ1) is 23.9. The van der Waals surface area contributed by atoms with Crippen molar-refractivity contribution in [2.75, 3.05) is 5.32 Å². The summed E-state index contributed by atoms with van der Waals surface area (Å²) in [4.78, 5) is 38.3. The van der Waals surface area contributed by atoms with E-state index in [1.807, 2.05) is 26.0 Å². The number of aryl methyl sites for hydroxylation is 2. The van der Waals surface area contributed by atoms with Gasteiger partial charge in [0.25, 0.3) is 5.56 Å². The van der Waals surface area contributed by atoms with Crippen LogP contribution in [0.1, 0.15) is 76.8 Å². The first-order valence-electron chi connectivity index (χ1n) is 11.6. The van der Waals surface area contributed by atoms with Gasteiger partial charge in [0.1, 0.15) is 11.0 Å². The quantitative estimate of drug-likeness (QED) is 0.360. The predicted octanol–water partition coefficient (Wildman–Crippen LogP) is 4.51. The summed E-state index contributed by atoms with van der Waals surface area (Å²) in [7, 11) is 1.75. The van der Waals surface area contributed by atoms with Gasteiger partial charge in [-0.05, 0) is 57.4 Å². The molecule has 3 heterocycles. The van der Waals surface area contributed by atoms with Gasteiger partial charge in [0.05, 0.1) is 22.6 Å². The highest BCUT2D eigenvalue weighted by Gasteiger charge is 2.37. The third kappa shape index (κ3) is 4.21. The zero-order valence-corrected chi connectivity index (χ0v) is 21.0. The van der Waals surface area contributed by atoms with Crippen LogP contribution in [0.25, 0.3) is 10.9 Å². The molecule has 1 saturated carbocycles. The first-order chi connectivity index (χ1) is 17.1. The minimum absolute atomic E-state index is 0.0841. The molecule has 0 amide bonds. The molecule has 0 aliphatic heterocycles. The Balaban J connectivity index is 1.52. The van der Waals surface area contributed by atoms with E-state index in [-0.39, 0.29) is 34.3 Å². The number of aromatic nitrogens is 5. The SMILES string of the molecule is Cc1cc([C@@H](C)Nc2ccc(Cl)nc2C(=O)O)c2nc(C3CC(c4nc(C)no4)C3)n(C)c(=O)c2c1. The number of halogens is 1. The summed E-state index contributed by atoms with van der Waals surface area (Å²) in [6.07, 6.45) is 1.53. The third-order valence-corrected chi connectivity index (χ3v) is 6.90. The van der Waals surface area contributed by atoms with Gasteiger partial charge in [0.2, 0.25) is 5.89 Å². The second kappa shape index (κ2) is 9.02. The lowest BCUT2D eigenvalue weighted by Crippen LogP contribution is -2.30. The van der Waals surface area contributed by atoms with E-state index >= 15 is 0 Å². The minimum Gasteiger partial charge on any atom is -0.476 e. The fourth-order valence-electron chi connectivity index (χ4n) is 4.80. The second-order valence-electron chi connectivity index (χ2n) is 9.33. The van der Waals surface area contributed by atoms with Crippen LogP contribution < -0.4 is 10.9 Å². The standard InChI is InChI=1S/C25H25ClN6O4/c1-11-7-16(12(2)27-18-5-6-19(26)29-21(18)25(34)35)20-17(8-11)24(33)32(4)22(30-20)14-9-15(10-14)23-28-13(3)31-36-23/h5-8,12,14-15,27H,9-10H2,1-4H3,(H,34,35)/t12-,14?,15?/m1/s1. The van der Waals surface area contributed by atoms with Crippen LogP contribution in [0, 0.1) is 13.8 Å². The number of pyridine rings is 1. The van der Waals surface area contributed by atoms with E-state index in [0.717, 1.165) is 24.0 Å². The van der Waals surface area contributed by atoms with E-state index < -0.39 is 5.97 Å². The number of aromatic carboxylic acids is 1. The van der Waals surface area contributed by atoms with E-state index in [1.165, 1.54) is 6.07 Å². The van der Waals surface area contributed by atoms with Crippen LogP contribution in [0.5, 0.6) is 0 Å². The molecule has 11 heteroatoms. The molecule has 3 aromatic heterocycles. The average molecular weight is 509 g/mol. The molecule has 0 spiro atoms. The number of hydrogen-bond donors (Lipinski definition) is 2. The van der Waals surface area contributed by atoms with E-state index in [1.54, 1.807) is 24.6 Å². The maximum absolute atomic E-state index is 13.4. The van der Waals surface area contributed by atoms with Gasteiger partial charge in [-0.15, -0.1) is 0 Å². The zero-order valence-electron chi connectivity index (χ0n) is 20.2. The molecule has 36 heavy (non-hydrogen) atoms. The van der Waals surface area contributed by atoms with E-state index in [9.17, 15) is 14.7 Å². The molecule has 0 unspecified atom stereocenters. The average Bonchev–Trinajstić information content (AvgIpc) is 3.22. The predicted molar refractivity (Wildman–Crippen MR) is 134 cm³/mol. The third-order valence-electron chi connectivity index (χ3n) is 6.69. The summed E-state index contributed by atoms with van der Waals surface area (Å²) < 4.78 is 6.94. The lowest BCUT2D eigenvalue weighted by molar-refractivity contribution is 0.0691. The highest BCUT2D eigenvalue weighted by molar-refractivity contribution is 6.29. The Morgan fingerprint density at radius 1 is 1.19 bits per heavy atom. The molecule has 2 N–H and O–H groups in total. The number of carbonyl (C=O) groups is 1. The molecule has 5 rings (SSSR count). The van der Waals surface area contributed by atoms with Crippen molar-refractivity contribution in [1.29, 1.82) is 0 Å². The van der Waals surface area contributed by atoms with Crippen molar-refractivity contribution in [1.82, 2.24) is 24.7 Å². The van der Waals surface area contributed by atoms with Gasteiger partial charge in [-0.2, -0.15) is 4.98 Å². The van der Waals surface area contributed by atoms with E-state index in [0.29, 0.717) is 34.1 Å². The molecular formula is C25H25ClN6O4. The van der Waals surface area contributed by atoms with Crippen LogP contribution >= 0.6 is 11.6 Å². The number of rotatable bonds is 6. The summed E-state index contributed by atoms with van der Waals surface area (Å²) in [6, 6.07) is 6.55. The molecule has 0 saturated heterocycles. The Bertz CT molecular complexity index is 1560. The number of carboxylic acids is 1. The molecule has 1 aliphatic rings. The topological polar surface area (TPSA) is 136 Å². The number of anilines is 1. The van der Waals surface area contributed by atoms with E-state index in [2.05, 4.69) is 20.4 Å². The summed E-state index contributed by atoms with van der Waals surface area (Å²) in [5.74, 6) is 0.973. The maximum atomic E-state index is 13.4. The largest absolute Gasteiger partial charge is 0.476 e. The first-order valence-corrected chi connectivity index (χ1v) is 12.0. The lowest BCUT2D eigenvalue weighted by atomic mass is 9.74. The van der Waals surface area contributed by atoms with Gasteiger partial charge in [-0.25, -0.2) is 14.8 Å². The second-order valence-corrected chi connectivity index (χ2v) is 9.72. The van der Waals surface area contributed by atoms with Crippen LogP contribution in [0.2, 0.25) is 5.15 Å². The molecule has 186 valence electrons. The normalized spacial score (nSPS) is 18.1. The maximum Gasteiger partial charge on any atom is 0.356 e. The molecule has 4 aromatic rings. The van der Waals surface area contributed by atoms with Gasteiger partial charge in [-0.1, -0.05) is 22.8 Å². The van der Waals surface area contributed by atoms with Crippen molar-refractivity contribution in [3.05, 3.63) is 74.1 Å². The fourth-order valence-corrected chi connectivity index (χ4v) is 4.95. The number of hydrogen-bond acceptors (Lipinski definition) is 8. The van der Waals surface area contributed by atoms with E-state index in [4.69, 9.17) is 21.1 Å². The zero-order chi connectivity index (χ0) is 25.7. The van der Waals surface area contributed by atoms with Gasteiger partial charge < -0.3 is 14.9 Å². The lowest BCUT2D eigenvalue weighted by Gasteiger charge is -2.33. The van der Waals surface area contributed by atoms with Gasteiger partial charge in [0.15, 0.2) is 11.5 Å². The van der Waals surface area contributed by atoms with Gasteiger partial charge >= 0.3 is 5.97 Å². The summed E-state index contributed by atoms with van der Waals surface area (Å²) in [6.45, 7) is 5.60. The summed E-state index contributed by atoms with van der Waals surface area (Å²) in [5.41, 5.74) is 2.32. The van der Waals surface area contributed by atoms with Gasteiger partial charge in [-0.3, -0.25) is 9.36 Å². The molecule has 0 bridgehead atoms. The van der Waals surface area contributed by atoms with Crippen molar-refractivity contribution < 1.29 is 14.4 Å². The molecule has 10 nitrogen and oxygen atoms in total. The van der Waals surface area contributed by atoms with Crippen molar-refractivity contribution in [3.63, 3.8) is 0 Å². The molecule has 1 aromatic carbocycles. The monoisotopic (exact) mass is 508 g/mol. The highest BCUT2D eigenvalue weighted by atomic mass is 35.5. The number of benzene rings is 1. The Morgan fingerprint density at radius 3 is 2.61 bits per heavy atom. The number of fused-ring (bicyclic) bond motifs is 1. The Hall–Kier alpha value is -3.79. The molecule has 1 fully saturated rings. The fraction of sp³-hybridized carbons (Fsp3) is 0.360. The van der Waals surface area contributed by atoms with Crippen LogP contribution in [0.15, 0.2) is 33.6 Å². The Labute approximate surface area is 211 Å². The Kier molecular flexibility index (Phi) is 5.99. The molecular weight excluding hydrogens is 484 g/mol. The Morgan fingerprint density at radius 2 is 1.94 bits per heavy atom. The smallest absolute Gasteiger partial charge is 0.356 e. The summed E-state index contributed by atoms with van der Waals surface area (Å²) in [5, 5.41) is 17.3. The molecule has 1 atom stereocenters. The summed E-state index contributed by atoms with van der Waals surface area (Å²) >= 11 is 5.90. The van der Waals surface area contributed by atoms with Crippen LogP contribution in [-0.4, -0.2) is 35.8 Å². The van der Waals surface area contributed by atoms with Crippen LogP contribution in [0.4, 0.5) is 5.69 Å². The number of carboxylic acid groups (broad SMARTS) is 1. The van der Waals surface area contributed by atoms with Crippen molar-refractivity contribution >= 4 is 34.2 Å².